The van der Waals surface area contributed by atoms with Crippen LogP contribution in [0.5, 0.6) is 0 Å². The van der Waals surface area contributed by atoms with Crippen LogP contribution in [0.25, 0.3) is 0 Å². The normalized spacial score (nSPS) is 23.2. The van der Waals surface area contributed by atoms with Crippen molar-refractivity contribution in [3.8, 4) is 0 Å². The van der Waals surface area contributed by atoms with E-state index in [4.69, 9.17) is 34.8 Å². The summed E-state index contributed by atoms with van der Waals surface area (Å²) in [5.74, 6) is 0. The highest BCUT2D eigenvalue weighted by Crippen LogP contribution is 2.15. The molecular weight excluding hydrogens is 224 g/mol. The first-order chi connectivity index (χ1) is 5.65. The van der Waals surface area contributed by atoms with Crippen LogP contribution in [0.1, 0.15) is 0 Å². The summed E-state index contributed by atoms with van der Waals surface area (Å²) in [7, 11) is 0. The third kappa shape index (κ3) is 2.09. The van der Waals surface area contributed by atoms with E-state index in [0.717, 1.165) is 0 Å². The number of carbonyl (C=O) groups excluding carboxylic acids is 1. The molecule has 1 atom stereocenters. The summed E-state index contributed by atoms with van der Waals surface area (Å²) in [5, 5.41) is 0.0595. The molecule has 66 valence electrons. The summed E-state index contributed by atoms with van der Waals surface area (Å²) in [5.41, 5.74) is -0.757. The van der Waals surface area contributed by atoms with Gasteiger partial charge in [0.15, 0.2) is 0 Å². The highest BCUT2D eigenvalue weighted by atomic mass is 35.5. The van der Waals surface area contributed by atoms with E-state index in [1.165, 1.54) is 4.90 Å². The lowest BCUT2D eigenvalue weighted by Gasteiger charge is -2.24. The van der Waals surface area contributed by atoms with Gasteiger partial charge in [-0.25, -0.2) is 4.99 Å². The van der Waals surface area contributed by atoms with E-state index < -0.39 is 5.62 Å². The molecule has 0 aliphatic carbocycles. The number of halogens is 3. The second-order valence-corrected chi connectivity index (χ2v) is 2.98. The number of aliphatic imine (C=N–C) groups is 2. The minimum absolute atomic E-state index is 0.0119. The molecule has 1 heterocycles. The molecule has 0 aromatic carbocycles. The number of carbonyl (C=O) groups is 1. The zero-order chi connectivity index (χ0) is 9.14. The van der Waals surface area contributed by atoms with Crippen molar-refractivity contribution in [3.63, 3.8) is 0 Å². The topological polar surface area (TPSA) is 45.0 Å². The largest absolute Gasteiger partial charge is 0.305 e. The minimum atomic E-state index is -0.757. The number of amidine groups is 2. The van der Waals surface area contributed by atoms with Gasteiger partial charge in [-0.2, -0.15) is 4.99 Å². The monoisotopic (exact) mass is 227 g/mol. The zero-order valence-electron chi connectivity index (χ0n) is 5.75. The fourth-order valence-corrected chi connectivity index (χ4v) is 1.48. The minimum Gasteiger partial charge on any atom is -0.305 e. The second-order valence-electron chi connectivity index (χ2n) is 1.91. The van der Waals surface area contributed by atoms with E-state index in [1.54, 1.807) is 0 Å². The van der Waals surface area contributed by atoms with Gasteiger partial charge in [0.05, 0.1) is 6.54 Å². The van der Waals surface area contributed by atoms with Crippen molar-refractivity contribution in [2.45, 2.75) is 5.62 Å². The highest BCUT2D eigenvalue weighted by molar-refractivity contribution is 6.72. The van der Waals surface area contributed by atoms with Gasteiger partial charge in [0.1, 0.15) is 6.29 Å². The number of rotatable bonds is 2. The number of alkyl halides is 1. The summed E-state index contributed by atoms with van der Waals surface area (Å²) >= 11 is 16.7. The van der Waals surface area contributed by atoms with Crippen LogP contribution in [-0.2, 0) is 4.79 Å². The number of aldehydes is 1. The first-order valence-corrected chi connectivity index (χ1v) is 4.16. The van der Waals surface area contributed by atoms with E-state index in [9.17, 15) is 4.79 Å². The van der Waals surface area contributed by atoms with E-state index in [0.29, 0.717) is 6.29 Å². The maximum atomic E-state index is 10.2. The van der Waals surface area contributed by atoms with Crippen LogP contribution in [-0.4, -0.2) is 33.9 Å². The molecule has 0 aromatic rings. The van der Waals surface area contributed by atoms with Crippen molar-refractivity contribution in [2.75, 3.05) is 6.54 Å². The number of hydrogen-bond acceptors (Lipinski definition) is 4. The van der Waals surface area contributed by atoms with Crippen LogP contribution in [0.2, 0.25) is 0 Å². The number of nitrogens with zero attached hydrogens (tertiary/aromatic N) is 3. The molecule has 1 aliphatic rings. The van der Waals surface area contributed by atoms with Crippen molar-refractivity contribution in [1.82, 2.24) is 4.90 Å². The zero-order valence-corrected chi connectivity index (χ0v) is 8.01. The van der Waals surface area contributed by atoms with Gasteiger partial charge in [-0.3, -0.25) is 0 Å². The molecule has 0 amide bonds. The molecular formula is C5H4Cl3N3O. The summed E-state index contributed by atoms with van der Waals surface area (Å²) in [4.78, 5) is 18.7. The Hall–Kier alpha value is -0.320. The molecule has 0 spiro atoms. The smallest absolute Gasteiger partial charge is 0.223 e. The second kappa shape index (κ2) is 4.07. The van der Waals surface area contributed by atoms with Crippen molar-refractivity contribution in [2.24, 2.45) is 9.98 Å². The fraction of sp³-hybridized carbons (Fsp3) is 0.400. The van der Waals surface area contributed by atoms with Gasteiger partial charge in [-0.15, -0.1) is 0 Å². The summed E-state index contributed by atoms with van der Waals surface area (Å²) in [6.07, 6.45) is 0.655. The van der Waals surface area contributed by atoms with Crippen molar-refractivity contribution in [3.05, 3.63) is 0 Å². The third-order valence-electron chi connectivity index (χ3n) is 1.16. The van der Waals surface area contributed by atoms with E-state index in [-0.39, 0.29) is 17.1 Å². The van der Waals surface area contributed by atoms with E-state index in [2.05, 4.69) is 9.98 Å². The molecule has 0 bridgehead atoms. The predicted octanol–water partition coefficient (Wildman–Crippen LogP) is 1.21. The molecule has 0 aromatic heterocycles. The lowest BCUT2D eigenvalue weighted by atomic mass is 10.6. The van der Waals surface area contributed by atoms with Gasteiger partial charge in [-0.05, 0) is 23.2 Å². The molecule has 0 fully saturated rings. The SMILES string of the molecule is O=CCN1C(Cl)=NC(Cl)=NC1Cl. The summed E-state index contributed by atoms with van der Waals surface area (Å²) < 4.78 is 0. The standard InChI is InChI=1S/C5H4Cl3N3O/c6-3-9-4(7)11(1-2-12)5(8)10-3/h2,4H,1H2. The molecule has 4 nitrogen and oxygen atoms in total. The molecule has 0 saturated carbocycles. The molecule has 0 saturated heterocycles. The van der Waals surface area contributed by atoms with Gasteiger partial charge in [0, 0.05) is 0 Å². The lowest BCUT2D eigenvalue weighted by Crippen LogP contribution is -2.37. The van der Waals surface area contributed by atoms with Crippen LogP contribution < -0.4 is 0 Å². The van der Waals surface area contributed by atoms with Crippen molar-refractivity contribution in [1.29, 1.82) is 0 Å². The molecule has 0 radical (unpaired) electrons. The Kier molecular flexibility index (Phi) is 3.31. The van der Waals surface area contributed by atoms with E-state index >= 15 is 0 Å². The summed E-state index contributed by atoms with van der Waals surface area (Å²) in [6, 6.07) is 0. The van der Waals surface area contributed by atoms with Crippen LogP contribution in [0.4, 0.5) is 0 Å². The lowest BCUT2D eigenvalue weighted by molar-refractivity contribution is -0.108. The average molecular weight is 228 g/mol. The first-order valence-electron chi connectivity index (χ1n) is 2.97. The quantitative estimate of drug-likeness (QED) is 0.405. The molecule has 1 aliphatic heterocycles. The van der Waals surface area contributed by atoms with Crippen LogP contribution in [0.3, 0.4) is 0 Å². The maximum Gasteiger partial charge on any atom is 0.223 e. The molecule has 0 N–H and O–H groups in total. The van der Waals surface area contributed by atoms with Crippen LogP contribution in [0, 0.1) is 0 Å². The van der Waals surface area contributed by atoms with Crippen LogP contribution in [0.15, 0.2) is 9.98 Å². The van der Waals surface area contributed by atoms with Crippen LogP contribution >= 0.6 is 34.8 Å². The first kappa shape index (κ1) is 9.77. The molecule has 1 rings (SSSR count). The van der Waals surface area contributed by atoms with Gasteiger partial charge in [0.2, 0.25) is 16.2 Å². The fourth-order valence-electron chi connectivity index (χ4n) is 0.657. The summed E-state index contributed by atoms with van der Waals surface area (Å²) in [6.45, 7) is 0.0458. The van der Waals surface area contributed by atoms with Gasteiger partial charge in [-0.1, -0.05) is 11.6 Å². The Morgan fingerprint density at radius 1 is 1.58 bits per heavy atom. The molecule has 1 unspecified atom stereocenters. The molecule has 7 heteroatoms. The average Bonchev–Trinajstić information content (AvgIpc) is 1.96. The van der Waals surface area contributed by atoms with Crippen molar-refractivity contribution < 1.29 is 4.79 Å². The Bertz CT molecular complexity index is 252. The van der Waals surface area contributed by atoms with Gasteiger partial charge in [0.25, 0.3) is 0 Å². The van der Waals surface area contributed by atoms with Crippen molar-refractivity contribution >= 4 is 51.7 Å². The Morgan fingerprint density at radius 2 is 2.25 bits per heavy atom. The van der Waals surface area contributed by atoms with Gasteiger partial charge >= 0.3 is 0 Å². The predicted molar refractivity (Wildman–Crippen MR) is 49.0 cm³/mol. The Balaban J connectivity index is 2.79. The molecule has 12 heavy (non-hydrogen) atoms. The Labute approximate surface area is 83.8 Å². The third-order valence-corrected chi connectivity index (χ3v) is 1.98. The van der Waals surface area contributed by atoms with E-state index in [1.807, 2.05) is 0 Å². The maximum absolute atomic E-state index is 10.2. The Morgan fingerprint density at radius 3 is 2.75 bits per heavy atom. The number of hydrogen-bond donors (Lipinski definition) is 0. The van der Waals surface area contributed by atoms with Gasteiger partial charge < -0.3 is 9.69 Å². The highest BCUT2D eigenvalue weighted by Gasteiger charge is 2.22.